The van der Waals surface area contributed by atoms with Gasteiger partial charge in [-0.3, -0.25) is 4.79 Å². The molecule has 0 spiro atoms. The van der Waals surface area contributed by atoms with Crippen LogP contribution in [-0.4, -0.2) is 32.9 Å². The molecule has 21 heavy (non-hydrogen) atoms. The van der Waals surface area contributed by atoms with Crippen LogP contribution < -0.4 is 21.9 Å². The first-order valence-corrected chi connectivity index (χ1v) is 7.10. The zero-order valence-corrected chi connectivity index (χ0v) is 11.7. The number of anilines is 2. The van der Waals surface area contributed by atoms with Crippen LogP contribution in [-0.2, 0) is 4.79 Å². The van der Waals surface area contributed by atoms with Crippen LogP contribution in [0.25, 0.3) is 5.65 Å². The van der Waals surface area contributed by atoms with Crippen molar-refractivity contribution in [2.45, 2.75) is 31.7 Å². The molecule has 1 aliphatic carbocycles. The SMILES string of the molecule is NNc1cn2ccnc2c(NCCCC(=O)NC2CC2)n1. The maximum atomic E-state index is 11.6. The fraction of sp³-hybridized carbons (Fsp3) is 0.462. The number of carbonyl (C=O) groups is 1. The molecule has 1 fully saturated rings. The van der Waals surface area contributed by atoms with Gasteiger partial charge in [-0.1, -0.05) is 0 Å². The largest absolute Gasteiger partial charge is 0.367 e. The van der Waals surface area contributed by atoms with Gasteiger partial charge in [-0.25, -0.2) is 15.8 Å². The lowest BCUT2D eigenvalue weighted by Gasteiger charge is -2.09. The third-order valence-electron chi connectivity index (χ3n) is 3.34. The van der Waals surface area contributed by atoms with Crippen molar-refractivity contribution in [1.29, 1.82) is 0 Å². The standard InChI is InChI=1S/C13H19N7O/c14-19-10-8-20-7-6-16-13(20)12(18-10)15-5-1-2-11(21)17-9-3-4-9/h6-9,19H,1-5,14H2,(H,15,18)(H,17,21). The molecule has 8 heteroatoms. The number of fused-ring (bicyclic) bond motifs is 1. The van der Waals surface area contributed by atoms with Crippen molar-refractivity contribution in [3.05, 3.63) is 18.6 Å². The van der Waals surface area contributed by atoms with Crippen molar-refractivity contribution in [3.63, 3.8) is 0 Å². The van der Waals surface area contributed by atoms with Crippen molar-refractivity contribution in [2.75, 3.05) is 17.3 Å². The molecule has 8 nitrogen and oxygen atoms in total. The normalized spacial score (nSPS) is 14.1. The van der Waals surface area contributed by atoms with Gasteiger partial charge in [-0.15, -0.1) is 0 Å². The number of nitrogens with zero attached hydrogens (tertiary/aromatic N) is 3. The van der Waals surface area contributed by atoms with Gasteiger partial charge in [0.05, 0.1) is 6.20 Å². The molecule has 2 heterocycles. The van der Waals surface area contributed by atoms with Crippen LogP contribution in [0.15, 0.2) is 18.6 Å². The van der Waals surface area contributed by atoms with E-state index in [1.165, 1.54) is 0 Å². The summed E-state index contributed by atoms with van der Waals surface area (Å²) < 4.78 is 1.84. The Balaban J connectivity index is 1.54. The van der Waals surface area contributed by atoms with Gasteiger partial charge >= 0.3 is 0 Å². The van der Waals surface area contributed by atoms with Crippen molar-refractivity contribution >= 4 is 23.2 Å². The summed E-state index contributed by atoms with van der Waals surface area (Å²) in [5.41, 5.74) is 3.26. The van der Waals surface area contributed by atoms with E-state index in [9.17, 15) is 4.79 Å². The summed E-state index contributed by atoms with van der Waals surface area (Å²) in [7, 11) is 0. The van der Waals surface area contributed by atoms with E-state index in [4.69, 9.17) is 5.84 Å². The van der Waals surface area contributed by atoms with Crippen LogP contribution in [0.1, 0.15) is 25.7 Å². The summed E-state index contributed by atoms with van der Waals surface area (Å²) in [6.07, 6.45) is 8.78. The molecular weight excluding hydrogens is 270 g/mol. The summed E-state index contributed by atoms with van der Waals surface area (Å²) in [5, 5.41) is 6.17. The molecule has 2 aromatic rings. The number of nitrogens with one attached hydrogen (secondary N) is 3. The number of nitrogen functional groups attached to an aromatic ring is 1. The quantitative estimate of drug-likeness (QED) is 0.335. The maximum absolute atomic E-state index is 11.6. The Morgan fingerprint density at radius 1 is 1.48 bits per heavy atom. The van der Waals surface area contributed by atoms with Gasteiger partial charge in [0.1, 0.15) is 0 Å². The van der Waals surface area contributed by atoms with E-state index in [1.807, 2.05) is 10.6 Å². The first kappa shape index (κ1) is 13.6. The van der Waals surface area contributed by atoms with E-state index in [-0.39, 0.29) is 5.91 Å². The highest BCUT2D eigenvalue weighted by molar-refractivity contribution is 5.76. The lowest BCUT2D eigenvalue weighted by molar-refractivity contribution is -0.121. The first-order valence-electron chi connectivity index (χ1n) is 7.10. The Morgan fingerprint density at radius 2 is 2.33 bits per heavy atom. The van der Waals surface area contributed by atoms with E-state index in [2.05, 4.69) is 26.0 Å². The number of carbonyl (C=O) groups excluding carboxylic acids is 1. The molecule has 112 valence electrons. The summed E-state index contributed by atoms with van der Waals surface area (Å²) in [5.74, 6) is 6.72. The molecule has 0 aromatic carbocycles. The number of hydrazine groups is 1. The summed E-state index contributed by atoms with van der Waals surface area (Å²) in [6.45, 7) is 0.654. The van der Waals surface area contributed by atoms with Crippen molar-refractivity contribution in [3.8, 4) is 0 Å². The van der Waals surface area contributed by atoms with Gasteiger partial charge in [0.15, 0.2) is 17.3 Å². The topological polar surface area (TPSA) is 109 Å². The third-order valence-corrected chi connectivity index (χ3v) is 3.34. The van der Waals surface area contributed by atoms with Gasteiger partial charge in [-0.2, -0.15) is 0 Å². The predicted octanol–water partition coefficient (Wildman–Crippen LogP) is 0.486. The number of nitrogens with two attached hydrogens (primary N) is 1. The van der Waals surface area contributed by atoms with Gasteiger partial charge in [0, 0.05) is 31.4 Å². The number of rotatable bonds is 7. The maximum Gasteiger partial charge on any atom is 0.220 e. The van der Waals surface area contributed by atoms with E-state index < -0.39 is 0 Å². The van der Waals surface area contributed by atoms with Gasteiger partial charge in [0.25, 0.3) is 0 Å². The highest BCUT2D eigenvalue weighted by Gasteiger charge is 2.22. The Hall–Kier alpha value is -2.35. The highest BCUT2D eigenvalue weighted by atomic mass is 16.1. The van der Waals surface area contributed by atoms with Gasteiger partial charge in [0.2, 0.25) is 5.91 Å². The Labute approximate surface area is 122 Å². The molecule has 2 aromatic heterocycles. The van der Waals surface area contributed by atoms with Crippen LogP contribution in [0.2, 0.25) is 0 Å². The number of hydrogen-bond acceptors (Lipinski definition) is 6. The van der Waals surface area contributed by atoms with E-state index in [0.29, 0.717) is 30.6 Å². The molecule has 1 saturated carbocycles. The zero-order valence-electron chi connectivity index (χ0n) is 11.7. The molecule has 0 bridgehead atoms. The summed E-state index contributed by atoms with van der Waals surface area (Å²) in [4.78, 5) is 20.2. The van der Waals surface area contributed by atoms with Gasteiger partial charge < -0.3 is 20.5 Å². The second kappa shape index (κ2) is 5.96. The molecule has 1 amide bonds. The molecule has 0 unspecified atom stereocenters. The summed E-state index contributed by atoms with van der Waals surface area (Å²) in [6, 6.07) is 0.420. The smallest absolute Gasteiger partial charge is 0.220 e. The highest BCUT2D eigenvalue weighted by Crippen LogP contribution is 2.19. The number of imidazole rings is 1. The van der Waals surface area contributed by atoms with E-state index in [1.54, 1.807) is 12.4 Å². The Morgan fingerprint density at radius 3 is 3.10 bits per heavy atom. The van der Waals surface area contributed by atoms with E-state index in [0.717, 1.165) is 24.9 Å². The van der Waals surface area contributed by atoms with Gasteiger partial charge in [-0.05, 0) is 19.3 Å². The molecule has 1 aliphatic rings. The number of hydrogen-bond donors (Lipinski definition) is 4. The zero-order chi connectivity index (χ0) is 14.7. The lowest BCUT2D eigenvalue weighted by atomic mass is 10.3. The second-order valence-corrected chi connectivity index (χ2v) is 5.15. The molecule has 0 aliphatic heterocycles. The molecule has 5 N–H and O–H groups in total. The van der Waals surface area contributed by atoms with Crippen molar-refractivity contribution in [2.24, 2.45) is 5.84 Å². The van der Waals surface area contributed by atoms with E-state index >= 15 is 0 Å². The number of amides is 1. The van der Waals surface area contributed by atoms with Crippen LogP contribution >= 0.6 is 0 Å². The van der Waals surface area contributed by atoms with Crippen LogP contribution in [0.3, 0.4) is 0 Å². The van der Waals surface area contributed by atoms with Crippen molar-refractivity contribution < 1.29 is 4.79 Å². The minimum absolute atomic E-state index is 0.121. The average molecular weight is 289 g/mol. The van der Waals surface area contributed by atoms with Crippen LogP contribution in [0.4, 0.5) is 11.6 Å². The Bertz CT molecular complexity index is 634. The minimum atomic E-state index is 0.121. The first-order chi connectivity index (χ1) is 10.3. The second-order valence-electron chi connectivity index (χ2n) is 5.15. The van der Waals surface area contributed by atoms with Crippen LogP contribution in [0, 0.1) is 0 Å². The third kappa shape index (κ3) is 3.40. The average Bonchev–Trinajstić information content (AvgIpc) is 3.16. The molecule has 3 rings (SSSR count). The molecule has 0 atom stereocenters. The van der Waals surface area contributed by atoms with Crippen LogP contribution in [0.5, 0.6) is 0 Å². The molecule has 0 saturated heterocycles. The lowest BCUT2D eigenvalue weighted by Crippen LogP contribution is -2.25. The summed E-state index contributed by atoms with van der Waals surface area (Å²) >= 11 is 0. The molecule has 0 radical (unpaired) electrons. The minimum Gasteiger partial charge on any atom is -0.367 e. The molecular formula is C13H19N7O. The van der Waals surface area contributed by atoms with Crippen molar-refractivity contribution in [1.82, 2.24) is 19.7 Å². The number of aromatic nitrogens is 3. The monoisotopic (exact) mass is 289 g/mol. The Kier molecular flexibility index (Phi) is 3.87. The fourth-order valence-corrected chi connectivity index (χ4v) is 2.10. The predicted molar refractivity (Wildman–Crippen MR) is 79.7 cm³/mol. The fourth-order valence-electron chi connectivity index (χ4n) is 2.10.